The molecule has 0 aromatic heterocycles. The molecule has 0 aromatic rings. The Bertz CT molecular complexity index is 66.3. The summed E-state index contributed by atoms with van der Waals surface area (Å²) in [7, 11) is 1.77. The molecule has 10 heavy (non-hydrogen) atoms. The van der Waals surface area contributed by atoms with E-state index < -0.39 is 0 Å². The molecule has 0 saturated carbocycles. The molecule has 0 aliphatic rings. The van der Waals surface area contributed by atoms with Crippen LogP contribution < -0.4 is 0 Å². The third-order valence-electron chi connectivity index (χ3n) is 1.60. The summed E-state index contributed by atoms with van der Waals surface area (Å²) in [6.07, 6.45) is 4.96. The van der Waals surface area contributed by atoms with Gasteiger partial charge in [-0.05, 0) is 19.3 Å². The van der Waals surface area contributed by atoms with Gasteiger partial charge in [0.25, 0.3) is 0 Å². The van der Waals surface area contributed by atoms with Crippen molar-refractivity contribution in [2.45, 2.75) is 38.7 Å². The van der Waals surface area contributed by atoms with Crippen LogP contribution in [0.5, 0.6) is 0 Å². The SMILES string of the molecule is CCC[C@H](CCCCl)OC. The maximum Gasteiger partial charge on any atom is 0.0571 e. The first kappa shape index (κ1) is 10.2. The largest absolute Gasteiger partial charge is 0.381 e. The maximum atomic E-state index is 5.55. The number of hydrogen-bond donors (Lipinski definition) is 0. The summed E-state index contributed by atoms with van der Waals surface area (Å²) in [4.78, 5) is 0. The van der Waals surface area contributed by atoms with E-state index in [9.17, 15) is 0 Å². The van der Waals surface area contributed by atoms with Gasteiger partial charge in [-0.1, -0.05) is 13.3 Å². The van der Waals surface area contributed by atoms with Gasteiger partial charge < -0.3 is 4.74 Å². The predicted octanol–water partition coefficient (Wildman–Crippen LogP) is 2.82. The number of halogens is 1. The summed E-state index contributed by atoms with van der Waals surface area (Å²) >= 11 is 5.55. The molecule has 0 aliphatic carbocycles. The third kappa shape index (κ3) is 5.07. The summed E-state index contributed by atoms with van der Waals surface area (Å²) in [5.41, 5.74) is 0. The lowest BCUT2D eigenvalue weighted by molar-refractivity contribution is 0.0869. The second-order valence-electron chi connectivity index (χ2n) is 2.48. The Labute approximate surface area is 68.7 Å². The molecule has 1 atom stereocenters. The van der Waals surface area contributed by atoms with E-state index in [0.717, 1.165) is 25.1 Å². The Morgan fingerprint density at radius 2 is 2.10 bits per heavy atom. The highest BCUT2D eigenvalue weighted by molar-refractivity contribution is 6.17. The quantitative estimate of drug-likeness (QED) is 0.549. The van der Waals surface area contributed by atoms with Crippen molar-refractivity contribution < 1.29 is 4.74 Å². The summed E-state index contributed by atoms with van der Waals surface area (Å²) in [5, 5.41) is 0. The minimum atomic E-state index is 0.434. The molecular formula is C8H17ClO. The van der Waals surface area contributed by atoms with Crippen molar-refractivity contribution in [2.75, 3.05) is 13.0 Å². The molecule has 0 N–H and O–H groups in total. The number of hydrogen-bond acceptors (Lipinski definition) is 1. The number of methoxy groups -OCH3 is 1. The minimum absolute atomic E-state index is 0.434. The van der Waals surface area contributed by atoms with Gasteiger partial charge in [-0.3, -0.25) is 0 Å². The van der Waals surface area contributed by atoms with Gasteiger partial charge in [0.05, 0.1) is 6.10 Å². The summed E-state index contributed by atoms with van der Waals surface area (Å²) in [5.74, 6) is 0.754. The summed E-state index contributed by atoms with van der Waals surface area (Å²) in [6, 6.07) is 0. The zero-order valence-corrected chi connectivity index (χ0v) is 7.66. The van der Waals surface area contributed by atoms with Crippen molar-refractivity contribution in [1.82, 2.24) is 0 Å². The molecule has 0 aromatic carbocycles. The van der Waals surface area contributed by atoms with Crippen molar-refractivity contribution in [3.05, 3.63) is 0 Å². The van der Waals surface area contributed by atoms with E-state index in [1.54, 1.807) is 7.11 Å². The van der Waals surface area contributed by atoms with Gasteiger partial charge in [-0.2, -0.15) is 0 Å². The van der Waals surface area contributed by atoms with Crippen molar-refractivity contribution in [3.8, 4) is 0 Å². The van der Waals surface area contributed by atoms with Crippen LogP contribution in [0.3, 0.4) is 0 Å². The summed E-state index contributed by atoms with van der Waals surface area (Å²) < 4.78 is 5.23. The molecule has 0 heterocycles. The van der Waals surface area contributed by atoms with E-state index >= 15 is 0 Å². The number of ether oxygens (including phenoxy) is 1. The fraction of sp³-hybridized carbons (Fsp3) is 1.00. The van der Waals surface area contributed by atoms with Crippen LogP contribution in [-0.2, 0) is 4.74 Å². The number of alkyl halides is 1. The standard InChI is InChI=1S/C8H17ClO/c1-3-5-8(10-2)6-4-7-9/h8H,3-7H2,1-2H3/t8-/m1/s1. The molecule has 0 radical (unpaired) electrons. The maximum absolute atomic E-state index is 5.55. The highest BCUT2D eigenvalue weighted by Crippen LogP contribution is 2.08. The fourth-order valence-corrected chi connectivity index (χ4v) is 1.16. The molecule has 2 heteroatoms. The Balaban J connectivity index is 3.21. The molecule has 1 nitrogen and oxygen atoms in total. The topological polar surface area (TPSA) is 9.23 Å². The third-order valence-corrected chi connectivity index (χ3v) is 1.87. The van der Waals surface area contributed by atoms with Crippen LogP contribution in [0.2, 0.25) is 0 Å². The van der Waals surface area contributed by atoms with Gasteiger partial charge in [0.1, 0.15) is 0 Å². The van der Waals surface area contributed by atoms with Crippen molar-refractivity contribution in [2.24, 2.45) is 0 Å². The molecule has 0 spiro atoms. The molecule has 0 unspecified atom stereocenters. The molecule has 0 aliphatic heterocycles. The summed E-state index contributed by atoms with van der Waals surface area (Å²) in [6.45, 7) is 2.17. The Morgan fingerprint density at radius 1 is 1.40 bits per heavy atom. The number of rotatable bonds is 6. The van der Waals surface area contributed by atoms with Crippen LogP contribution in [0.25, 0.3) is 0 Å². The smallest absolute Gasteiger partial charge is 0.0571 e. The zero-order valence-electron chi connectivity index (χ0n) is 6.90. The molecule has 0 bridgehead atoms. The van der Waals surface area contributed by atoms with Crippen LogP contribution in [0, 0.1) is 0 Å². The predicted molar refractivity (Wildman–Crippen MR) is 45.7 cm³/mol. The van der Waals surface area contributed by atoms with Gasteiger partial charge in [-0.15, -0.1) is 11.6 Å². The fourth-order valence-electron chi connectivity index (χ4n) is 1.01. The van der Waals surface area contributed by atoms with Gasteiger partial charge in [0.15, 0.2) is 0 Å². The lowest BCUT2D eigenvalue weighted by Crippen LogP contribution is -2.09. The van der Waals surface area contributed by atoms with Crippen LogP contribution in [0.4, 0.5) is 0 Å². The van der Waals surface area contributed by atoms with Crippen LogP contribution in [0.15, 0.2) is 0 Å². The monoisotopic (exact) mass is 164 g/mol. The highest BCUT2D eigenvalue weighted by Gasteiger charge is 2.03. The van der Waals surface area contributed by atoms with Gasteiger partial charge >= 0.3 is 0 Å². The van der Waals surface area contributed by atoms with Crippen LogP contribution >= 0.6 is 11.6 Å². The average Bonchev–Trinajstić information content (AvgIpc) is 1.98. The van der Waals surface area contributed by atoms with Gasteiger partial charge in [0, 0.05) is 13.0 Å². The van der Waals surface area contributed by atoms with Crippen LogP contribution in [0.1, 0.15) is 32.6 Å². The van der Waals surface area contributed by atoms with E-state index in [-0.39, 0.29) is 0 Å². The van der Waals surface area contributed by atoms with Crippen molar-refractivity contribution in [1.29, 1.82) is 0 Å². The minimum Gasteiger partial charge on any atom is -0.381 e. The van der Waals surface area contributed by atoms with Crippen molar-refractivity contribution >= 4 is 11.6 Å². The first-order chi connectivity index (χ1) is 4.85. The first-order valence-corrected chi connectivity index (χ1v) is 4.47. The van der Waals surface area contributed by atoms with Gasteiger partial charge in [-0.25, -0.2) is 0 Å². The second kappa shape index (κ2) is 7.36. The van der Waals surface area contributed by atoms with Gasteiger partial charge in [0.2, 0.25) is 0 Å². The Morgan fingerprint density at radius 3 is 2.50 bits per heavy atom. The lowest BCUT2D eigenvalue weighted by Gasteiger charge is -2.12. The first-order valence-electron chi connectivity index (χ1n) is 3.93. The zero-order chi connectivity index (χ0) is 7.82. The second-order valence-corrected chi connectivity index (χ2v) is 2.86. The molecular weight excluding hydrogens is 148 g/mol. The normalized spacial score (nSPS) is 13.5. The van der Waals surface area contributed by atoms with E-state index in [1.807, 2.05) is 0 Å². The highest BCUT2D eigenvalue weighted by atomic mass is 35.5. The van der Waals surface area contributed by atoms with E-state index in [0.29, 0.717) is 6.10 Å². The Hall–Kier alpha value is 0.250. The molecule has 0 rings (SSSR count). The Kier molecular flexibility index (Phi) is 7.54. The van der Waals surface area contributed by atoms with E-state index in [1.165, 1.54) is 6.42 Å². The molecule has 0 saturated heterocycles. The van der Waals surface area contributed by atoms with Crippen molar-refractivity contribution in [3.63, 3.8) is 0 Å². The molecule has 62 valence electrons. The van der Waals surface area contributed by atoms with E-state index in [4.69, 9.17) is 16.3 Å². The molecule has 0 fully saturated rings. The van der Waals surface area contributed by atoms with E-state index in [2.05, 4.69) is 6.92 Å². The average molecular weight is 165 g/mol. The molecule has 0 amide bonds. The van der Waals surface area contributed by atoms with Crippen LogP contribution in [-0.4, -0.2) is 19.1 Å². The lowest BCUT2D eigenvalue weighted by atomic mass is 10.1.